The fourth-order valence-corrected chi connectivity index (χ4v) is 5.72. The molecule has 170 valence electrons. The van der Waals surface area contributed by atoms with Crippen LogP contribution in [0.15, 0.2) is 53.8 Å². The van der Waals surface area contributed by atoms with Gasteiger partial charge in [-0.15, -0.1) is 0 Å². The third kappa shape index (κ3) is 3.75. The predicted octanol–water partition coefficient (Wildman–Crippen LogP) is 3.91. The molecule has 1 aromatic heterocycles. The van der Waals surface area contributed by atoms with Crippen LogP contribution in [0.5, 0.6) is 0 Å². The molecule has 0 N–H and O–H groups in total. The summed E-state index contributed by atoms with van der Waals surface area (Å²) >= 11 is 0. The van der Waals surface area contributed by atoms with E-state index in [1.807, 2.05) is 21.9 Å². The summed E-state index contributed by atoms with van der Waals surface area (Å²) in [5.41, 5.74) is 2.67. The van der Waals surface area contributed by atoms with Crippen molar-refractivity contribution in [1.82, 2.24) is 14.8 Å². The minimum absolute atomic E-state index is 0.167. The second-order valence-corrected chi connectivity index (χ2v) is 10.1. The number of carbonyl (C=O) groups excluding carboxylic acids is 2. The summed E-state index contributed by atoms with van der Waals surface area (Å²) in [4.78, 5) is 39.3. The molecule has 4 aliphatic rings. The van der Waals surface area contributed by atoms with Crippen molar-refractivity contribution in [3.8, 4) is 11.1 Å². The van der Waals surface area contributed by atoms with E-state index in [2.05, 4.69) is 29.2 Å². The van der Waals surface area contributed by atoms with Crippen LogP contribution in [0.25, 0.3) is 11.1 Å². The van der Waals surface area contributed by atoms with Crippen LogP contribution in [0, 0.1) is 11.8 Å². The highest BCUT2D eigenvalue weighted by Gasteiger charge is 2.50. The van der Waals surface area contributed by atoms with Crippen molar-refractivity contribution in [2.24, 2.45) is 16.8 Å². The van der Waals surface area contributed by atoms with Gasteiger partial charge in [-0.05, 0) is 61.3 Å². The number of pyridine rings is 1. The third-order valence-electron chi connectivity index (χ3n) is 7.77. The summed E-state index contributed by atoms with van der Waals surface area (Å²) in [6, 6.07) is 12.4. The number of rotatable bonds is 5. The molecule has 6 nitrogen and oxygen atoms in total. The van der Waals surface area contributed by atoms with Crippen LogP contribution in [-0.4, -0.2) is 57.6 Å². The van der Waals surface area contributed by atoms with Gasteiger partial charge in [-0.1, -0.05) is 37.1 Å². The zero-order valence-electron chi connectivity index (χ0n) is 18.9. The highest BCUT2D eigenvalue weighted by molar-refractivity contribution is 6.15. The molecule has 1 atom stereocenters. The highest BCUT2D eigenvalue weighted by Crippen LogP contribution is 2.41. The summed E-state index contributed by atoms with van der Waals surface area (Å²) < 4.78 is 0. The van der Waals surface area contributed by atoms with Crippen LogP contribution in [0.3, 0.4) is 0 Å². The standard InChI is InChI=1S/C27H30N4O2/c32-25(23-7-8-23)30-16-11-19(17-30)18-31-24(29-27(26(31)33)12-1-2-13-27)22-5-3-20(4-6-22)21-9-14-28-15-10-21/h3-6,9-10,14-15,19,23H,1-2,7-8,11-13,16-18H2. The average Bonchev–Trinajstić information content (AvgIpc) is 3.31. The number of likely N-dealkylation sites (tertiary alicyclic amines) is 1. The molecule has 2 amide bonds. The van der Waals surface area contributed by atoms with Gasteiger partial charge in [-0.25, -0.2) is 0 Å². The molecule has 2 aliphatic carbocycles. The van der Waals surface area contributed by atoms with E-state index < -0.39 is 5.54 Å². The molecular weight excluding hydrogens is 412 g/mol. The minimum atomic E-state index is -0.568. The Bertz CT molecular complexity index is 1080. The Balaban J connectivity index is 1.25. The summed E-state index contributed by atoms with van der Waals surface area (Å²) in [7, 11) is 0. The van der Waals surface area contributed by atoms with Gasteiger partial charge in [-0.3, -0.25) is 24.5 Å². The molecule has 0 radical (unpaired) electrons. The van der Waals surface area contributed by atoms with Crippen molar-refractivity contribution < 1.29 is 9.59 Å². The van der Waals surface area contributed by atoms with E-state index in [4.69, 9.17) is 4.99 Å². The Hall–Kier alpha value is -3.02. The van der Waals surface area contributed by atoms with E-state index in [0.29, 0.717) is 18.4 Å². The SMILES string of the molecule is O=C(C1CC1)N1CCC(CN2C(=O)C3(CCCC3)N=C2c2ccc(-c3ccncc3)cc2)C1. The van der Waals surface area contributed by atoms with E-state index in [1.165, 1.54) is 0 Å². The molecule has 6 heteroatoms. The van der Waals surface area contributed by atoms with Gasteiger partial charge in [0, 0.05) is 43.5 Å². The lowest BCUT2D eigenvalue weighted by Crippen LogP contribution is -2.44. The summed E-state index contributed by atoms with van der Waals surface area (Å²) in [5.74, 6) is 1.87. The molecule has 0 bridgehead atoms. The van der Waals surface area contributed by atoms with Gasteiger partial charge in [0.05, 0.1) is 0 Å². The van der Waals surface area contributed by atoms with E-state index in [-0.39, 0.29) is 11.8 Å². The summed E-state index contributed by atoms with van der Waals surface area (Å²) in [6.45, 7) is 2.24. The zero-order valence-corrected chi connectivity index (χ0v) is 18.9. The molecule has 2 saturated carbocycles. The van der Waals surface area contributed by atoms with Crippen LogP contribution < -0.4 is 0 Å². The van der Waals surface area contributed by atoms with Crippen LogP contribution in [0.1, 0.15) is 50.5 Å². The quantitative estimate of drug-likeness (QED) is 0.705. The summed E-state index contributed by atoms with van der Waals surface area (Å²) in [6.07, 6.45) is 10.5. The third-order valence-corrected chi connectivity index (χ3v) is 7.77. The van der Waals surface area contributed by atoms with Gasteiger partial charge in [0.2, 0.25) is 5.91 Å². The van der Waals surface area contributed by atoms with E-state index in [1.54, 1.807) is 12.4 Å². The molecule has 33 heavy (non-hydrogen) atoms. The van der Waals surface area contributed by atoms with Crippen LogP contribution in [0.4, 0.5) is 0 Å². The Labute approximate surface area is 194 Å². The number of aromatic nitrogens is 1. The van der Waals surface area contributed by atoms with Crippen molar-refractivity contribution in [1.29, 1.82) is 0 Å². The van der Waals surface area contributed by atoms with Crippen molar-refractivity contribution >= 4 is 17.6 Å². The molecule has 1 spiro atoms. The van der Waals surface area contributed by atoms with Gasteiger partial charge < -0.3 is 4.90 Å². The number of nitrogens with zero attached hydrogens (tertiary/aromatic N) is 4. The van der Waals surface area contributed by atoms with Gasteiger partial charge in [0.15, 0.2) is 0 Å². The zero-order chi connectivity index (χ0) is 22.4. The fourth-order valence-electron chi connectivity index (χ4n) is 5.72. The second-order valence-electron chi connectivity index (χ2n) is 10.1. The number of carbonyl (C=O) groups is 2. The van der Waals surface area contributed by atoms with Crippen molar-refractivity contribution in [2.45, 2.75) is 50.5 Å². The molecule has 3 fully saturated rings. The molecule has 2 aromatic rings. The first-order valence-electron chi connectivity index (χ1n) is 12.3. The largest absolute Gasteiger partial charge is 0.342 e. The van der Waals surface area contributed by atoms with E-state index in [9.17, 15) is 9.59 Å². The monoisotopic (exact) mass is 442 g/mol. The van der Waals surface area contributed by atoms with Gasteiger partial charge >= 0.3 is 0 Å². The molecule has 1 unspecified atom stereocenters. The smallest absolute Gasteiger partial charge is 0.256 e. The van der Waals surface area contributed by atoms with Gasteiger partial charge in [0.1, 0.15) is 11.4 Å². The number of aliphatic imine (C=N–C) groups is 1. The lowest BCUT2D eigenvalue weighted by atomic mass is 9.97. The lowest BCUT2D eigenvalue weighted by molar-refractivity contribution is -0.131. The molecule has 3 heterocycles. The fraction of sp³-hybridized carbons (Fsp3) is 0.481. The molecule has 1 aromatic carbocycles. The van der Waals surface area contributed by atoms with Crippen molar-refractivity contribution in [3.63, 3.8) is 0 Å². The number of amidine groups is 1. The van der Waals surface area contributed by atoms with Gasteiger partial charge in [-0.2, -0.15) is 0 Å². The maximum atomic E-state index is 13.6. The van der Waals surface area contributed by atoms with Crippen LogP contribution in [-0.2, 0) is 9.59 Å². The Kier molecular flexibility index (Phi) is 5.04. The van der Waals surface area contributed by atoms with Gasteiger partial charge in [0.25, 0.3) is 5.91 Å². The highest BCUT2D eigenvalue weighted by atomic mass is 16.2. The van der Waals surface area contributed by atoms with Crippen LogP contribution >= 0.6 is 0 Å². The maximum Gasteiger partial charge on any atom is 0.256 e. The molecule has 2 aliphatic heterocycles. The van der Waals surface area contributed by atoms with E-state index in [0.717, 1.165) is 80.6 Å². The van der Waals surface area contributed by atoms with E-state index >= 15 is 0 Å². The Morgan fingerprint density at radius 2 is 1.61 bits per heavy atom. The second kappa shape index (κ2) is 8.08. The lowest BCUT2D eigenvalue weighted by Gasteiger charge is -2.25. The van der Waals surface area contributed by atoms with Crippen molar-refractivity contribution in [3.05, 3.63) is 54.4 Å². The average molecular weight is 443 g/mol. The van der Waals surface area contributed by atoms with Crippen LogP contribution in [0.2, 0.25) is 0 Å². The topological polar surface area (TPSA) is 65.9 Å². The normalized spacial score (nSPS) is 24.1. The first kappa shape index (κ1) is 20.6. The Morgan fingerprint density at radius 1 is 0.939 bits per heavy atom. The minimum Gasteiger partial charge on any atom is -0.342 e. The summed E-state index contributed by atoms with van der Waals surface area (Å²) in [5, 5.41) is 0. The Morgan fingerprint density at radius 3 is 2.30 bits per heavy atom. The molecule has 6 rings (SSSR count). The molecular formula is C27H30N4O2. The number of hydrogen-bond donors (Lipinski definition) is 0. The number of benzene rings is 1. The first-order chi connectivity index (χ1) is 16.1. The molecule has 1 saturated heterocycles. The maximum absolute atomic E-state index is 13.6. The first-order valence-corrected chi connectivity index (χ1v) is 12.3. The van der Waals surface area contributed by atoms with Crippen molar-refractivity contribution in [2.75, 3.05) is 19.6 Å². The predicted molar refractivity (Wildman–Crippen MR) is 127 cm³/mol. The number of hydrogen-bond acceptors (Lipinski definition) is 4. The number of amides is 2.